The lowest BCUT2D eigenvalue weighted by Crippen LogP contribution is -2.23. The Hall–Kier alpha value is -3.72. The van der Waals surface area contributed by atoms with Crippen LogP contribution in [0.1, 0.15) is 11.1 Å². The SMILES string of the molecule is COc1cccc(NC(=O)CNc2cc(C)cc(C)c2S(=O)(=O)c2ccc(OC)c(OC)c2)c1. The zero-order chi connectivity index (χ0) is 24.9. The number of benzene rings is 3. The van der Waals surface area contributed by atoms with Crippen molar-refractivity contribution >= 4 is 27.1 Å². The van der Waals surface area contributed by atoms with Crippen molar-refractivity contribution in [3.8, 4) is 17.2 Å². The first-order valence-electron chi connectivity index (χ1n) is 10.5. The van der Waals surface area contributed by atoms with Gasteiger partial charge in [-0.2, -0.15) is 0 Å². The predicted octanol–water partition coefficient (Wildman–Crippen LogP) is 4.21. The Bertz CT molecular complexity index is 1300. The van der Waals surface area contributed by atoms with Crippen molar-refractivity contribution in [1.82, 2.24) is 0 Å². The third kappa shape index (κ3) is 5.43. The van der Waals surface area contributed by atoms with Gasteiger partial charge in [0.05, 0.1) is 43.4 Å². The van der Waals surface area contributed by atoms with Crippen LogP contribution in [0.15, 0.2) is 64.4 Å². The molecular formula is C25H28N2O6S. The van der Waals surface area contributed by atoms with E-state index >= 15 is 0 Å². The minimum absolute atomic E-state index is 0.0565. The molecule has 0 heterocycles. The summed E-state index contributed by atoms with van der Waals surface area (Å²) in [5.74, 6) is 1.01. The van der Waals surface area contributed by atoms with Gasteiger partial charge in [0.15, 0.2) is 11.5 Å². The van der Waals surface area contributed by atoms with Crippen molar-refractivity contribution in [3.05, 3.63) is 65.7 Å². The van der Waals surface area contributed by atoms with E-state index in [2.05, 4.69) is 10.6 Å². The molecule has 0 aliphatic carbocycles. The largest absolute Gasteiger partial charge is 0.497 e. The summed E-state index contributed by atoms with van der Waals surface area (Å²) in [5, 5.41) is 5.76. The average molecular weight is 485 g/mol. The number of nitrogens with one attached hydrogen (secondary N) is 2. The molecule has 0 atom stereocenters. The topological polar surface area (TPSA) is 103 Å². The van der Waals surface area contributed by atoms with E-state index in [1.807, 2.05) is 6.92 Å². The van der Waals surface area contributed by atoms with E-state index in [9.17, 15) is 13.2 Å². The summed E-state index contributed by atoms with van der Waals surface area (Å²) in [4.78, 5) is 12.7. The molecule has 1 amide bonds. The van der Waals surface area contributed by atoms with Gasteiger partial charge in [-0.1, -0.05) is 12.1 Å². The number of aryl methyl sites for hydroxylation is 2. The molecule has 0 unspecified atom stereocenters. The molecule has 0 aliphatic heterocycles. The van der Waals surface area contributed by atoms with E-state index in [0.717, 1.165) is 5.56 Å². The molecule has 8 nitrogen and oxygen atoms in total. The molecule has 0 aromatic heterocycles. The summed E-state index contributed by atoms with van der Waals surface area (Å²) >= 11 is 0. The summed E-state index contributed by atoms with van der Waals surface area (Å²) in [6.45, 7) is 3.46. The molecule has 180 valence electrons. The Labute approximate surface area is 199 Å². The molecule has 0 bridgehead atoms. The minimum Gasteiger partial charge on any atom is -0.497 e. The third-order valence-electron chi connectivity index (χ3n) is 5.15. The Morgan fingerprint density at radius 1 is 0.882 bits per heavy atom. The van der Waals surface area contributed by atoms with Crippen LogP contribution < -0.4 is 24.8 Å². The summed E-state index contributed by atoms with van der Waals surface area (Å²) in [5.41, 5.74) is 2.34. The maximum absolute atomic E-state index is 13.6. The molecule has 0 saturated heterocycles. The smallest absolute Gasteiger partial charge is 0.243 e. The van der Waals surface area contributed by atoms with Crippen LogP contribution in [0.2, 0.25) is 0 Å². The lowest BCUT2D eigenvalue weighted by Gasteiger charge is -2.17. The molecule has 0 aliphatic rings. The fourth-order valence-electron chi connectivity index (χ4n) is 3.63. The van der Waals surface area contributed by atoms with Crippen LogP contribution in [0.3, 0.4) is 0 Å². The minimum atomic E-state index is -3.94. The van der Waals surface area contributed by atoms with Crippen molar-refractivity contribution < 1.29 is 27.4 Å². The number of ether oxygens (including phenoxy) is 3. The van der Waals surface area contributed by atoms with Crippen molar-refractivity contribution in [2.24, 2.45) is 0 Å². The van der Waals surface area contributed by atoms with Crippen LogP contribution in [-0.2, 0) is 14.6 Å². The van der Waals surface area contributed by atoms with Gasteiger partial charge < -0.3 is 24.8 Å². The van der Waals surface area contributed by atoms with Crippen LogP contribution >= 0.6 is 0 Å². The van der Waals surface area contributed by atoms with Crippen molar-refractivity contribution in [1.29, 1.82) is 0 Å². The first-order valence-corrected chi connectivity index (χ1v) is 11.9. The number of carbonyl (C=O) groups excluding carboxylic acids is 1. The van der Waals surface area contributed by atoms with Gasteiger partial charge in [-0.3, -0.25) is 4.79 Å². The first kappa shape index (κ1) is 24.9. The van der Waals surface area contributed by atoms with Crippen molar-refractivity contribution in [3.63, 3.8) is 0 Å². The van der Waals surface area contributed by atoms with Crippen LogP contribution in [0.5, 0.6) is 17.2 Å². The zero-order valence-electron chi connectivity index (χ0n) is 19.8. The monoisotopic (exact) mass is 484 g/mol. The van der Waals surface area contributed by atoms with Gasteiger partial charge in [0.2, 0.25) is 15.7 Å². The zero-order valence-corrected chi connectivity index (χ0v) is 20.6. The van der Waals surface area contributed by atoms with Gasteiger partial charge >= 0.3 is 0 Å². The number of hydrogen-bond donors (Lipinski definition) is 2. The van der Waals surface area contributed by atoms with Gasteiger partial charge in [0.1, 0.15) is 5.75 Å². The van der Waals surface area contributed by atoms with Crippen LogP contribution in [0, 0.1) is 13.8 Å². The first-order chi connectivity index (χ1) is 16.2. The average Bonchev–Trinajstić information content (AvgIpc) is 2.81. The number of rotatable bonds is 9. The standard InChI is InChI=1S/C25H28N2O6S/c1-16-11-17(2)25(34(29,30)20-9-10-22(32-4)23(14-20)33-5)21(12-16)26-15-24(28)27-18-7-6-8-19(13-18)31-3/h6-14,26H,15H2,1-5H3,(H,27,28). The highest BCUT2D eigenvalue weighted by atomic mass is 32.2. The predicted molar refractivity (Wildman–Crippen MR) is 131 cm³/mol. The second kappa shape index (κ2) is 10.5. The number of hydrogen-bond acceptors (Lipinski definition) is 7. The summed E-state index contributed by atoms with van der Waals surface area (Å²) in [7, 11) is 0.533. The van der Waals surface area contributed by atoms with E-state index in [4.69, 9.17) is 14.2 Å². The molecule has 0 spiro atoms. The fraction of sp³-hybridized carbons (Fsp3) is 0.240. The molecule has 0 radical (unpaired) electrons. The highest BCUT2D eigenvalue weighted by Gasteiger charge is 2.26. The molecule has 3 aromatic carbocycles. The van der Waals surface area contributed by atoms with Gasteiger partial charge in [0, 0.05) is 17.8 Å². The second-order valence-electron chi connectivity index (χ2n) is 7.61. The Morgan fingerprint density at radius 3 is 2.29 bits per heavy atom. The number of anilines is 2. The van der Waals surface area contributed by atoms with Gasteiger partial charge in [0.25, 0.3) is 0 Å². The molecule has 0 saturated carbocycles. The quantitative estimate of drug-likeness (QED) is 0.469. The number of carbonyl (C=O) groups is 1. The molecule has 0 fully saturated rings. The molecule has 34 heavy (non-hydrogen) atoms. The van der Waals surface area contributed by atoms with Crippen LogP contribution in [-0.4, -0.2) is 42.2 Å². The van der Waals surface area contributed by atoms with Crippen molar-refractivity contribution in [2.45, 2.75) is 23.6 Å². The highest BCUT2D eigenvalue weighted by molar-refractivity contribution is 7.91. The molecule has 3 aromatic rings. The number of amides is 1. The van der Waals surface area contributed by atoms with E-state index in [0.29, 0.717) is 34.2 Å². The van der Waals surface area contributed by atoms with Gasteiger partial charge in [-0.25, -0.2) is 8.42 Å². The van der Waals surface area contributed by atoms with E-state index in [-0.39, 0.29) is 22.2 Å². The molecule has 2 N–H and O–H groups in total. The highest BCUT2D eigenvalue weighted by Crippen LogP contribution is 2.36. The normalized spacial score (nSPS) is 11.0. The van der Waals surface area contributed by atoms with E-state index in [1.165, 1.54) is 26.4 Å². The van der Waals surface area contributed by atoms with Crippen LogP contribution in [0.25, 0.3) is 0 Å². The Morgan fingerprint density at radius 2 is 1.62 bits per heavy atom. The van der Waals surface area contributed by atoms with Gasteiger partial charge in [-0.05, 0) is 55.3 Å². The summed E-state index contributed by atoms with van der Waals surface area (Å²) in [6, 6.07) is 14.9. The van der Waals surface area contributed by atoms with Gasteiger partial charge in [-0.15, -0.1) is 0 Å². The van der Waals surface area contributed by atoms with Crippen LogP contribution in [0.4, 0.5) is 11.4 Å². The van der Waals surface area contributed by atoms with E-state index < -0.39 is 9.84 Å². The summed E-state index contributed by atoms with van der Waals surface area (Å²) in [6.07, 6.45) is 0. The third-order valence-corrected chi connectivity index (χ3v) is 7.10. The van der Waals surface area contributed by atoms with Crippen molar-refractivity contribution in [2.75, 3.05) is 38.5 Å². The Kier molecular flexibility index (Phi) is 7.68. The second-order valence-corrected chi connectivity index (χ2v) is 9.50. The lowest BCUT2D eigenvalue weighted by atomic mass is 10.1. The molecule has 9 heteroatoms. The summed E-state index contributed by atoms with van der Waals surface area (Å²) < 4.78 is 42.9. The number of methoxy groups -OCH3 is 3. The maximum Gasteiger partial charge on any atom is 0.243 e. The fourth-order valence-corrected chi connectivity index (χ4v) is 5.27. The Balaban J connectivity index is 1.91. The number of sulfone groups is 1. The maximum atomic E-state index is 13.6. The van der Waals surface area contributed by atoms with E-state index in [1.54, 1.807) is 56.5 Å². The lowest BCUT2D eigenvalue weighted by molar-refractivity contribution is -0.114. The molecular weight excluding hydrogens is 456 g/mol. The molecule has 3 rings (SSSR count).